The van der Waals surface area contributed by atoms with Crippen molar-refractivity contribution in [2.75, 3.05) is 11.9 Å². The van der Waals surface area contributed by atoms with E-state index in [4.69, 9.17) is 5.26 Å². The summed E-state index contributed by atoms with van der Waals surface area (Å²) in [5, 5.41) is 12.0. The molecule has 0 aliphatic carbocycles. The first-order chi connectivity index (χ1) is 13.2. The van der Waals surface area contributed by atoms with E-state index in [0.717, 1.165) is 16.8 Å². The van der Waals surface area contributed by atoms with Gasteiger partial charge in [0.25, 0.3) is 0 Å². The molecule has 0 bridgehead atoms. The molecule has 27 heavy (non-hydrogen) atoms. The number of rotatable bonds is 4. The predicted molar refractivity (Wildman–Crippen MR) is 108 cm³/mol. The van der Waals surface area contributed by atoms with Gasteiger partial charge in [0.2, 0.25) is 0 Å². The van der Waals surface area contributed by atoms with Crippen molar-refractivity contribution in [2.24, 2.45) is 0 Å². The third-order valence-corrected chi connectivity index (χ3v) is 4.09. The van der Waals surface area contributed by atoms with E-state index in [-0.39, 0.29) is 5.78 Å². The smallest absolute Gasteiger partial charge is 0.193 e. The quantitative estimate of drug-likeness (QED) is 0.554. The van der Waals surface area contributed by atoms with Crippen molar-refractivity contribution in [2.45, 2.75) is 6.92 Å². The Morgan fingerprint density at radius 1 is 0.852 bits per heavy atom. The third kappa shape index (κ3) is 4.84. The van der Waals surface area contributed by atoms with Gasteiger partial charge in [-0.2, -0.15) is 5.26 Å². The van der Waals surface area contributed by atoms with Crippen molar-refractivity contribution in [3.05, 3.63) is 101 Å². The monoisotopic (exact) mass is 350 g/mol. The van der Waals surface area contributed by atoms with E-state index in [1.54, 1.807) is 24.3 Å². The number of carbonyl (C=O) groups excluding carboxylic acids is 1. The average molecular weight is 350 g/mol. The van der Waals surface area contributed by atoms with E-state index in [2.05, 4.69) is 23.2 Å². The van der Waals surface area contributed by atoms with Gasteiger partial charge in [0.05, 0.1) is 18.2 Å². The van der Waals surface area contributed by atoms with Crippen LogP contribution < -0.4 is 5.32 Å². The number of hydrogen-bond acceptors (Lipinski definition) is 3. The van der Waals surface area contributed by atoms with Crippen LogP contribution in [0.5, 0.6) is 0 Å². The Kier molecular flexibility index (Phi) is 5.67. The van der Waals surface area contributed by atoms with Crippen LogP contribution in [0.4, 0.5) is 5.69 Å². The first-order valence-electron chi connectivity index (χ1n) is 8.60. The first kappa shape index (κ1) is 18.0. The van der Waals surface area contributed by atoms with Gasteiger partial charge in [0.1, 0.15) is 0 Å². The van der Waals surface area contributed by atoms with Gasteiger partial charge >= 0.3 is 0 Å². The largest absolute Gasteiger partial charge is 0.374 e. The van der Waals surface area contributed by atoms with Crippen LogP contribution in [0.3, 0.4) is 0 Å². The number of nitriles is 1. The van der Waals surface area contributed by atoms with E-state index >= 15 is 0 Å². The fraction of sp³-hybridized carbons (Fsp3) is 0.0833. The number of benzene rings is 3. The van der Waals surface area contributed by atoms with Crippen LogP contribution in [0.25, 0.3) is 0 Å². The van der Waals surface area contributed by atoms with Crippen LogP contribution >= 0.6 is 0 Å². The van der Waals surface area contributed by atoms with Gasteiger partial charge in [0.15, 0.2) is 5.78 Å². The van der Waals surface area contributed by atoms with Crippen LogP contribution in [-0.2, 0) is 0 Å². The van der Waals surface area contributed by atoms with Gasteiger partial charge < -0.3 is 5.32 Å². The summed E-state index contributed by atoms with van der Waals surface area (Å²) in [6.07, 6.45) is 0. The third-order valence-electron chi connectivity index (χ3n) is 4.09. The fourth-order valence-corrected chi connectivity index (χ4v) is 2.53. The maximum Gasteiger partial charge on any atom is 0.193 e. The molecule has 0 heterocycles. The highest BCUT2D eigenvalue weighted by molar-refractivity contribution is 6.09. The Morgan fingerprint density at radius 2 is 1.41 bits per heavy atom. The molecule has 0 aliphatic heterocycles. The highest BCUT2D eigenvalue weighted by atomic mass is 16.1. The number of nitrogens with one attached hydrogen (secondary N) is 1. The van der Waals surface area contributed by atoms with E-state index in [1.165, 1.54) is 0 Å². The Bertz CT molecular complexity index is 1030. The molecule has 0 fully saturated rings. The second-order valence-electron chi connectivity index (χ2n) is 6.12. The average Bonchev–Trinajstić information content (AvgIpc) is 2.72. The molecule has 0 aromatic heterocycles. The lowest BCUT2D eigenvalue weighted by Crippen LogP contribution is -2.01. The molecule has 1 N–H and O–H groups in total. The van der Waals surface area contributed by atoms with Crippen LogP contribution in [0.15, 0.2) is 72.8 Å². The normalized spacial score (nSPS) is 9.63. The molecule has 0 amide bonds. The molecule has 0 saturated carbocycles. The molecule has 130 valence electrons. The van der Waals surface area contributed by atoms with E-state index in [9.17, 15) is 4.79 Å². The lowest BCUT2D eigenvalue weighted by Gasteiger charge is -2.02. The molecule has 3 aromatic rings. The maximum absolute atomic E-state index is 12.5. The topological polar surface area (TPSA) is 52.9 Å². The van der Waals surface area contributed by atoms with Crippen LogP contribution in [0, 0.1) is 30.1 Å². The molecular formula is C24H18N2O. The molecule has 0 saturated heterocycles. The number of ketones is 1. The Balaban J connectivity index is 1.59. The molecular weight excluding hydrogens is 332 g/mol. The van der Waals surface area contributed by atoms with Gasteiger partial charge in [-0.3, -0.25) is 4.79 Å². The zero-order chi connectivity index (χ0) is 19.1. The molecule has 0 atom stereocenters. The van der Waals surface area contributed by atoms with Crippen LogP contribution in [-0.4, -0.2) is 12.3 Å². The Hall–Kier alpha value is -3.82. The molecule has 0 radical (unpaired) electrons. The van der Waals surface area contributed by atoms with Gasteiger partial charge in [-0.15, -0.1) is 0 Å². The van der Waals surface area contributed by atoms with Gasteiger partial charge in [-0.1, -0.05) is 41.7 Å². The zero-order valence-corrected chi connectivity index (χ0v) is 15.0. The summed E-state index contributed by atoms with van der Waals surface area (Å²) >= 11 is 0. The highest BCUT2D eigenvalue weighted by Gasteiger charge is 2.08. The zero-order valence-electron chi connectivity index (χ0n) is 15.0. The minimum atomic E-state index is 0.0111. The minimum absolute atomic E-state index is 0.0111. The van der Waals surface area contributed by atoms with Crippen molar-refractivity contribution in [3.63, 3.8) is 0 Å². The highest BCUT2D eigenvalue weighted by Crippen LogP contribution is 2.12. The standard InChI is InChI=1S/C24H18N2O/c1-18-4-10-21(11-5-18)24(27)22-12-6-19(7-13-22)3-2-16-26-23-14-8-20(17-25)9-15-23/h4-15,26H,16H2,1H3. The van der Waals surface area contributed by atoms with Crippen molar-refractivity contribution >= 4 is 11.5 Å². The fourth-order valence-electron chi connectivity index (χ4n) is 2.53. The minimum Gasteiger partial charge on any atom is -0.374 e. The summed E-state index contributed by atoms with van der Waals surface area (Å²) in [6, 6.07) is 24.2. The summed E-state index contributed by atoms with van der Waals surface area (Å²) < 4.78 is 0. The van der Waals surface area contributed by atoms with Gasteiger partial charge in [-0.05, 0) is 55.5 Å². The van der Waals surface area contributed by atoms with E-state index in [1.807, 2.05) is 55.5 Å². The number of aryl methyl sites for hydroxylation is 1. The second-order valence-corrected chi connectivity index (χ2v) is 6.12. The van der Waals surface area contributed by atoms with E-state index < -0.39 is 0 Å². The lowest BCUT2D eigenvalue weighted by atomic mass is 10.0. The van der Waals surface area contributed by atoms with E-state index in [0.29, 0.717) is 23.2 Å². The maximum atomic E-state index is 12.5. The second kappa shape index (κ2) is 8.52. The summed E-state index contributed by atoms with van der Waals surface area (Å²) in [7, 11) is 0. The molecule has 0 spiro atoms. The van der Waals surface area contributed by atoms with Gasteiger partial charge in [-0.25, -0.2) is 0 Å². The molecule has 3 nitrogen and oxygen atoms in total. The predicted octanol–water partition coefficient (Wildman–Crippen LogP) is 4.56. The van der Waals surface area contributed by atoms with Crippen molar-refractivity contribution in [1.29, 1.82) is 5.26 Å². The van der Waals surface area contributed by atoms with Crippen molar-refractivity contribution in [3.8, 4) is 17.9 Å². The summed E-state index contributed by atoms with van der Waals surface area (Å²) in [6.45, 7) is 2.49. The molecule has 3 aromatic carbocycles. The first-order valence-corrected chi connectivity index (χ1v) is 8.60. The number of hydrogen-bond donors (Lipinski definition) is 1. The molecule has 0 aliphatic rings. The molecule has 3 rings (SSSR count). The van der Waals surface area contributed by atoms with Gasteiger partial charge in [0, 0.05) is 22.4 Å². The summed E-state index contributed by atoms with van der Waals surface area (Å²) in [5.41, 5.74) is 4.88. The summed E-state index contributed by atoms with van der Waals surface area (Å²) in [5.74, 6) is 6.14. The SMILES string of the molecule is Cc1ccc(C(=O)c2ccc(C#CCNc3ccc(C#N)cc3)cc2)cc1. The summed E-state index contributed by atoms with van der Waals surface area (Å²) in [4.78, 5) is 12.5. The number of nitrogens with zero attached hydrogens (tertiary/aromatic N) is 1. The van der Waals surface area contributed by atoms with Crippen LogP contribution in [0.2, 0.25) is 0 Å². The van der Waals surface area contributed by atoms with Crippen molar-refractivity contribution in [1.82, 2.24) is 0 Å². The Morgan fingerprint density at radius 3 is 2.00 bits per heavy atom. The molecule has 0 unspecified atom stereocenters. The lowest BCUT2D eigenvalue weighted by molar-refractivity contribution is 0.103. The van der Waals surface area contributed by atoms with Crippen LogP contribution in [0.1, 0.15) is 32.6 Å². The number of carbonyl (C=O) groups is 1. The molecule has 3 heteroatoms. The van der Waals surface area contributed by atoms with Crippen molar-refractivity contribution < 1.29 is 4.79 Å². The Labute approximate surface area is 159 Å². The number of anilines is 1.